The van der Waals surface area contributed by atoms with E-state index < -0.39 is 0 Å². The first kappa shape index (κ1) is 28.1. The molecule has 7 heteroatoms. The van der Waals surface area contributed by atoms with Gasteiger partial charge in [-0.25, -0.2) is 0 Å². The van der Waals surface area contributed by atoms with Crippen molar-refractivity contribution in [3.63, 3.8) is 0 Å². The number of nitrogens with zero attached hydrogens (tertiary/aromatic N) is 1. The zero-order valence-electron chi connectivity index (χ0n) is 19.5. The van der Waals surface area contributed by atoms with E-state index in [-0.39, 0.29) is 9.41 Å². The van der Waals surface area contributed by atoms with E-state index in [2.05, 4.69) is 49.2 Å². The van der Waals surface area contributed by atoms with E-state index in [0.29, 0.717) is 6.54 Å². The van der Waals surface area contributed by atoms with E-state index in [1.165, 1.54) is 24.8 Å². The molecule has 1 aromatic heterocycles. The summed E-state index contributed by atoms with van der Waals surface area (Å²) >= 11 is 0. The minimum absolute atomic E-state index is 0. The lowest BCUT2D eigenvalue weighted by molar-refractivity contribution is -0.294. The zero-order chi connectivity index (χ0) is 22.1. The molecule has 1 aliphatic heterocycles. The molecule has 0 spiro atoms. The van der Waals surface area contributed by atoms with Crippen molar-refractivity contribution in [2.75, 3.05) is 13.2 Å². The van der Waals surface area contributed by atoms with Gasteiger partial charge in [0.15, 0.2) is 5.70 Å². The molecular formula is C26H35BF2N3O+. The Kier molecular flexibility index (Phi) is 12.2. The lowest BCUT2D eigenvalue weighted by Crippen LogP contribution is -2.09. The first-order valence-electron chi connectivity index (χ1n) is 11.2. The van der Waals surface area contributed by atoms with Gasteiger partial charge in [0, 0.05) is 23.4 Å². The average molecular weight is 454 g/mol. The number of nitrogens with one attached hydrogen (secondary N) is 1. The molecular weight excluding hydrogens is 419 g/mol. The van der Waals surface area contributed by atoms with Crippen molar-refractivity contribution in [1.29, 1.82) is 0 Å². The Bertz CT molecular complexity index is 991. The summed E-state index contributed by atoms with van der Waals surface area (Å²) in [7, 11) is 6.08. The standard InChI is InChI=1S/C26H33BN3O.2FH/c1-3-4-5-6-18-31-23-13-10-21(11-14-23)9-12-22-19-20(2)26(29-22)24(15-16-28)25-8-7-17-30(25)27;;/h7-14,17,19,29H,3-6,15-16,18,28H2,1-2H3;2*1H/q+1;;/b12-9+;;. The Balaban J connectivity index is 0.00000272. The van der Waals surface area contributed by atoms with Crippen molar-refractivity contribution in [1.82, 2.24) is 4.98 Å². The van der Waals surface area contributed by atoms with Gasteiger partial charge in [0.05, 0.1) is 12.3 Å². The maximum absolute atomic E-state index is 6.08. The number of aromatic amines is 1. The van der Waals surface area contributed by atoms with Crippen molar-refractivity contribution in [2.45, 2.75) is 46.0 Å². The van der Waals surface area contributed by atoms with Crippen LogP contribution in [-0.2, 0) is 0 Å². The summed E-state index contributed by atoms with van der Waals surface area (Å²) < 4.78 is 7.48. The summed E-state index contributed by atoms with van der Waals surface area (Å²) in [5.74, 6) is 0.928. The highest BCUT2D eigenvalue weighted by atomic mass is 19.0. The van der Waals surface area contributed by atoms with E-state index in [1.54, 1.807) is 4.49 Å². The second-order valence-electron chi connectivity index (χ2n) is 7.91. The van der Waals surface area contributed by atoms with Crippen LogP contribution >= 0.6 is 0 Å². The smallest absolute Gasteiger partial charge is 0.494 e. The molecule has 4 nitrogen and oxygen atoms in total. The Morgan fingerprint density at radius 1 is 1.12 bits per heavy atom. The molecule has 33 heavy (non-hydrogen) atoms. The first-order valence-corrected chi connectivity index (χ1v) is 11.2. The summed E-state index contributed by atoms with van der Waals surface area (Å²) in [4.78, 5) is 3.54. The van der Waals surface area contributed by atoms with Gasteiger partial charge in [-0.3, -0.25) is 13.9 Å². The molecule has 0 saturated heterocycles. The summed E-state index contributed by atoms with van der Waals surface area (Å²) in [6.45, 7) is 5.68. The van der Waals surface area contributed by atoms with Gasteiger partial charge in [0.1, 0.15) is 12.0 Å². The van der Waals surface area contributed by atoms with Crippen molar-refractivity contribution in [3.05, 3.63) is 70.7 Å². The number of allylic oxidation sites excluding steroid dienone is 2. The summed E-state index contributed by atoms with van der Waals surface area (Å²) in [6.07, 6.45) is 15.6. The molecule has 2 radical (unpaired) electrons. The van der Waals surface area contributed by atoms with Crippen molar-refractivity contribution < 1.29 is 18.6 Å². The molecule has 1 aliphatic rings. The van der Waals surface area contributed by atoms with Crippen molar-refractivity contribution in [2.24, 2.45) is 5.73 Å². The lowest BCUT2D eigenvalue weighted by Gasteiger charge is -2.07. The Labute approximate surface area is 197 Å². The van der Waals surface area contributed by atoms with Gasteiger partial charge in [-0.2, -0.15) is 0 Å². The number of aromatic nitrogens is 1. The predicted molar refractivity (Wildman–Crippen MR) is 137 cm³/mol. The maximum atomic E-state index is 6.08. The molecule has 0 aliphatic carbocycles. The molecule has 176 valence electrons. The number of hydrogen-bond donors (Lipinski definition) is 2. The first-order chi connectivity index (χ1) is 15.1. The van der Waals surface area contributed by atoms with E-state index in [1.807, 2.05) is 30.5 Å². The Hall–Kier alpha value is -2.93. The number of benzene rings is 1. The quantitative estimate of drug-likeness (QED) is 0.345. The van der Waals surface area contributed by atoms with Gasteiger partial charge >= 0.3 is 7.98 Å². The number of aryl methyl sites for hydroxylation is 1. The maximum Gasteiger partial charge on any atom is 0.586 e. The van der Waals surface area contributed by atoms with Crippen LogP contribution in [0.4, 0.5) is 9.41 Å². The van der Waals surface area contributed by atoms with Crippen LogP contribution in [0.25, 0.3) is 17.7 Å². The number of hydrogen-bond acceptors (Lipinski definition) is 2. The van der Waals surface area contributed by atoms with Gasteiger partial charge < -0.3 is 15.5 Å². The van der Waals surface area contributed by atoms with Crippen LogP contribution in [0.2, 0.25) is 0 Å². The highest BCUT2D eigenvalue weighted by molar-refractivity contribution is 6.01. The number of H-pyrrole nitrogens is 1. The Morgan fingerprint density at radius 2 is 1.88 bits per heavy atom. The average Bonchev–Trinajstić information content (AvgIpc) is 3.36. The SMILES string of the molecule is F.F.[B][N+]1=CC=CC1=C(CCN)c1[nH]c(/C=C/c2ccc(OCCCCCC)cc2)cc1C. The van der Waals surface area contributed by atoms with Crippen molar-refractivity contribution >= 4 is 31.9 Å². The summed E-state index contributed by atoms with van der Waals surface area (Å²) in [5, 5.41) is 0. The molecule has 1 aromatic carbocycles. The molecule has 0 unspecified atom stereocenters. The highest BCUT2D eigenvalue weighted by Crippen LogP contribution is 2.27. The minimum atomic E-state index is 0. The molecule has 2 heterocycles. The number of ether oxygens (including phenoxy) is 1. The van der Waals surface area contributed by atoms with Crippen LogP contribution in [0.1, 0.15) is 61.5 Å². The molecule has 0 saturated carbocycles. The molecule has 0 amide bonds. The molecule has 2 aromatic rings. The summed E-state index contributed by atoms with van der Waals surface area (Å²) in [5.41, 5.74) is 12.4. The van der Waals surface area contributed by atoms with Gasteiger partial charge in [-0.15, -0.1) is 0 Å². The number of rotatable bonds is 11. The van der Waals surface area contributed by atoms with E-state index in [9.17, 15) is 0 Å². The zero-order valence-corrected chi connectivity index (χ0v) is 19.5. The van der Waals surface area contributed by atoms with Gasteiger partial charge in [0.25, 0.3) is 0 Å². The van der Waals surface area contributed by atoms with Gasteiger partial charge in [-0.1, -0.05) is 44.4 Å². The fourth-order valence-corrected chi connectivity index (χ4v) is 3.74. The third kappa shape index (κ3) is 7.86. The fraction of sp³-hybridized carbons (Fsp3) is 0.346. The topological polar surface area (TPSA) is 54.0 Å². The molecule has 0 bridgehead atoms. The molecule has 3 rings (SSSR count). The second-order valence-corrected chi connectivity index (χ2v) is 7.91. The van der Waals surface area contributed by atoms with Gasteiger partial charge in [-0.05, 0) is 61.7 Å². The third-order valence-electron chi connectivity index (χ3n) is 5.42. The largest absolute Gasteiger partial charge is 0.586 e. The predicted octanol–water partition coefficient (Wildman–Crippen LogP) is 5.55. The molecule has 0 fully saturated rings. The van der Waals surface area contributed by atoms with Crippen LogP contribution < -0.4 is 10.5 Å². The van der Waals surface area contributed by atoms with Crippen molar-refractivity contribution in [3.8, 4) is 5.75 Å². The van der Waals surface area contributed by atoms with Crippen LogP contribution in [0.3, 0.4) is 0 Å². The monoisotopic (exact) mass is 454 g/mol. The highest BCUT2D eigenvalue weighted by Gasteiger charge is 2.20. The van der Waals surface area contributed by atoms with Crippen LogP contribution in [0.5, 0.6) is 5.75 Å². The van der Waals surface area contributed by atoms with Crippen LogP contribution in [-0.4, -0.2) is 36.8 Å². The lowest BCUT2D eigenvalue weighted by atomic mass is 10.0. The van der Waals surface area contributed by atoms with E-state index in [0.717, 1.165) is 53.4 Å². The summed E-state index contributed by atoms with van der Waals surface area (Å²) in [6, 6.07) is 10.4. The normalized spacial score (nSPS) is 14.1. The van der Waals surface area contributed by atoms with E-state index >= 15 is 0 Å². The third-order valence-corrected chi connectivity index (χ3v) is 5.42. The number of unbranched alkanes of at least 4 members (excludes halogenated alkanes) is 3. The number of halogens is 2. The van der Waals surface area contributed by atoms with Gasteiger partial charge in [0.2, 0.25) is 0 Å². The second kappa shape index (κ2) is 14.3. The van der Waals surface area contributed by atoms with Crippen LogP contribution in [0, 0.1) is 6.92 Å². The molecule has 3 N–H and O–H groups in total. The fourth-order valence-electron chi connectivity index (χ4n) is 3.74. The number of nitrogens with two attached hydrogens (primary N) is 1. The van der Waals surface area contributed by atoms with Crippen LogP contribution in [0.15, 0.2) is 48.2 Å². The molecule has 0 atom stereocenters. The van der Waals surface area contributed by atoms with E-state index in [4.69, 9.17) is 18.5 Å². The minimum Gasteiger partial charge on any atom is -0.494 e. The Morgan fingerprint density at radius 3 is 2.52 bits per heavy atom.